The number of aromatic nitrogens is 4. The predicted molar refractivity (Wildman–Crippen MR) is 91.1 cm³/mol. The van der Waals surface area contributed by atoms with Gasteiger partial charge < -0.3 is 10.6 Å². The van der Waals surface area contributed by atoms with Crippen LogP contribution < -0.4 is 10.6 Å². The lowest BCUT2D eigenvalue weighted by atomic mass is 10.3. The lowest BCUT2D eigenvalue weighted by molar-refractivity contribution is 0.948. The number of hydrogen-bond acceptors (Lipinski definition) is 6. The molecule has 8 heteroatoms. The Morgan fingerprint density at radius 3 is 2.61 bits per heavy atom. The van der Waals surface area contributed by atoms with Gasteiger partial charge in [0.05, 0.1) is 16.2 Å². The minimum absolute atomic E-state index is 0.423. The number of benzene rings is 1. The third kappa shape index (κ3) is 4.28. The van der Waals surface area contributed by atoms with Gasteiger partial charge in [-0.2, -0.15) is 10.1 Å². The van der Waals surface area contributed by atoms with Crippen LogP contribution in [0.15, 0.2) is 48.9 Å². The smallest absolute Gasteiger partial charge is 0.244 e. The summed E-state index contributed by atoms with van der Waals surface area (Å²) in [5.41, 5.74) is 1.84. The molecule has 3 rings (SSSR count). The Morgan fingerprint density at radius 2 is 1.83 bits per heavy atom. The third-order valence-electron chi connectivity index (χ3n) is 2.95. The first kappa shape index (κ1) is 15.5. The maximum Gasteiger partial charge on any atom is 0.244 e. The van der Waals surface area contributed by atoms with E-state index in [0.29, 0.717) is 28.4 Å². The molecule has 0 atom stereocenters. The average Bonchev–Trinajstić information content (AvgIpc) is 2.58. The van der Waals surface area contributed by atoms with Crippen LogP contribution in [-0.4, -0.2) is 20.2 Å². The van der Waals surface area contributed by atoms with E-state index in [1.54, 1.807) is 30.6 Å². The fourth-order valence-electron chi connectivity index (χ4n) is 1.84. The number of nitrogens with one attached hydrogen (secondary N) is 2. The number of halogens is 2. The summed E-state index contributed by atoms with van der Waals surface area (Å²) in [7, 11) is 0. The normalized spacial score (nSPS) is 10.3. The molecule has 2 heterocycles. The monoisotopic (exact) mass is 346 g/mol. The molecule has 0 aliphatic carbocycles. The second-order valence-electron chi connectivity index (χ2n) is 4.63. The first-order chi connectivity index (χ1) is 11.2. The summed E-state index contributed by atoms with van der Waals surface area (Å²) in [4.78, 5) is 8.32. The molecule has 23 heavy (non-hydrogen) atoms. The summed E-state index contributed by atoms with van der Waals surface area (Å²) in [6.45, 7) is 0.584. The summed E-state index contributed by atoms with van der Waals surface area (Å²) in [5.74, 6) is 0.975. The molecule has 116 valence electrons. The first-order valence-electron chi connectivity index (χ1n) is 6.75. The van der Waals surface area contributed by atoms with Crippen molar-refractivity contribution in [2.75, 3.05) is 10.6 Å². The maximum absolute atomic E-state index is 5.99. The van der Waals surface area contributed by atoms with Crippen molar-refractivity contribution < 1.29 is 0 Å². The van der Waals surface area contributed by atoms with E-state index >= 15 is 0 Å². The summed E-state index contributed by atoms with van der Waals surface area (Å²) in [6.07, 6.45) is 5.00. The number of anilines is 3. The molecule has 0 unspecified atom stereocenters. The summed E-state index contributed by atoms with van der Waals surface area (Å²) >= 11 is 11.9. The SMILES string of the molecule is Clc1ccc(Nc2cnnc(NCc3ccncc3)n2)cc1Cl. The van der Waals surface area contributed by atoms with Crippen LogP contribution in [0.2, 0.25) is 10.0 Å². The van der Waals surface area contributed by atoms with Crippen molar-refractivity contribution in [1.29, 1.82) is 0 Å². The quantitative estimate of drug-likeness (QED) is 0.728. The van der Waals surface area contributed by atoms with Crippen molar-refractivity contribution in [3.8, 4) is 0 Å². The third-order valence-corrected chi connectivity index (χ3v) is 3.69. The number of nitrogens with zero attached hydrogens (tertiary/aromatic N) is 4. The Morgan fingerprint density at radius 1 is 1.00 bits per heavy atom. The van der Waals surface area contributed by atoms with Crippen molar-refractivity contribution in [3.05, 3.63) is 64.5 Å². The molecule has 1 aromatic carbocycles. The fraction of sp³-hybridized carbons (Fsp3) is 0.0667. The molecule has 6 nitrogen and oxygen atoms in total. The van der Waals surface area contributed by atoms with E-state index < -0.39 is 0 Å². The van der Waals surface area contributed by atoms with Gasteiger partial charge in [-0.15, -0.1) is 5.10 Å². The molecule has 0 fully saturated rings. The van der Waals surface area contributed by atoms with Crippen molar-refractivity contribution in [3.63, 3.8) is 0 Å². The molecule has 2 N–H and O–H groups in total. The van der Waals surface area contributed by atoms with Crippen LogP contribution in [0.4, 0.5) is 17.5 Å². The molecular formula is C15H12Cl2N6. The Bertz CT molecular complexity index is 797. The van der Waals surface area contributed by atoms with E-state index in [1.807, 2.05) is 12.1 Å². The number of rotatable bonds is 5. The van der Waals surface area contributed by atoms with Crippen LogP contribution in [-0.2, 0) is 6.54 Å². The van der Waals surface area contributed by atoms with Gasteiger partial charge in [0.1, 0.15) is 0 Å². The van der Waals surface area contributed by atoms with Gasteiger partial charge in [-0.25, -0.2) is 0 Å². The van der Waals surface area contributed by atoms with Crippen LogP contribution >= 0.6 is 23.2 Å². The molecule has 0 bridgehead atoms. The number of pyridine rings is 1. The highest BCUT2D eigenvalue weighted by Crippen LogP contribution is 2.26. The summed E-state index contributed by atoms with van der Waals surface area (Å²) in [5, 5.41) is 15.1. The van der Waals surface area contributed by atoms with Crippen molar-refractivity contribution in [1.82, 2.24) is 20.2 Å². The molecule has 0 saturated heterocycles. The zero-order valence-electron chi connectivity index (χ0n) is 11.9. The summed E-state index contributed by atoms with van der Waals surface area (Å²) in [6, 6.07) is 9.07. The molecule has 0 spiro atoms. The van der Waals surface area contributed by atoms with Gasteiger partial charge in [0.15, 0.2) is 5.82 Å². The first-order valence-corrected chi connectivity index (χ1v) is 7.51. The topological polar surface area (TPSA) is 75.6 Å². The van der Waals surface area contributed by atoms with E-state index in [0.717, 1.165) is 11.3 Å². The van der Waals surface area contributed by atoms with E-state index in [1.165, 1.54) is 6.20 Å². The molecule has 0 aliphatic rings. The molecule has 3 aromatic rings. The summed E-state index contributed by atoms with van der Waals surface area (Å²) < 4.78 is 0. The highest BCUT2D eigenvalue weighted by molar-refractivity contribution is 6.42. The van der Waals surface area contributed by atoms with Gasteiger partial charge >= 0.3 is 0 Å². The average molecular weight is 347 g/mol. The predicted octanol–water partition coefficient (Wildman–Crippen LogP) is 3.93. The fourth-order valence-corrected chi connectivity index (χ4v) is 2.14. The number of hydrogen-bond donors (Lipinski definition) is 2. The van der Waals surface area contributed by atoms with E-state index in [9.17, 15) is 0 Å². The van der Waals surface area contributed by atoms with Gasteiger partial charge in [-0.3, -0.25) is 4.98 Å². The Hall–Kier alpha value is -2.44. The Labute approximate surface area is 142 Å². The highest BCUT2D eigenvalue weighted by atomic mass is 35.5. The lowest BCUT2D eigenvalue weighted by Gasteiger charge is -2.08. The van der Waals surface area contributed by atoms with Crippen molar-refractivity contribution >= 4 is 40.7 Å². The van der Waals surface area contributed by atoms with Crippen molar-refractivity contribution in [2.45, 2.75) is 6.54 Å². The van der Waals surface area contributed by atoms with Crippen molar-refractivity contribution in [2.24, 2.45) is 0 Å². The standard InChI is InChI=1S/C15H12Cl2N6/c16-12-2-1-11(7-13(12)17)21-14-9-20-23-15(22-14)19-8-10-3-5-18-6-4-10/h1-7,9H,8H2,(H2,19,21,22,23). The van der Waals surface area contributed by atoms with Crippen LogP contribution in [0.3, 0.4) is 0 Å². The second kappa shape index (κ2) is 7.21. The zero-order valence-corrected chi connectivity index (χ0v) is 13.4. The molecule has 0 saturated carbocycles. The highest BCUT2D eigenvalue weighted by Gasteiger charge is 2.03. The van der Waals surface area contributed by atoms with Crippen LogP contribution in [0.5, 0.6) is 0 Å². The molecular weight excluding hydrogens is 335 g/mol. The van der Waals surface area contributed by atoms with E-state index in [4.69, 9.17) is 23.2 Å². The van der Waals surface area contributed by atoms with E-state index in [2.05, 4.69) is 30.8 Å². The van der Waals surface area contributed by atoms with Crippen LogP contribution in [0, 0.1) is 0 Å². The molecule has 2 aromatic heterocycles. The minimum atomic E-state index is 0.423. The molecule has 0 aliphatic heterocycles. The van der Waals surface area contributed by atoms with Gasteiger partial charge in [0, 0.05) is 24.6 Å². The Kier molecular flexibility index (Phi) is 4.85. The Balaban J connectivity index is 1.68. The van der Waals surface area contributed by atoms with Crippen LogP contribution in [0.25, 0.3) is 0 Å². The maximum atomic E-state index is 5.99. The minimum Gasteiger partial charge on any atom is -0.349 e. The largest absolute Gasteiger partial charge is 0.349 e. The van der Waals surface area contributed by atoms with Gasteiger partial charge in [-0.1, -0.05) is 23.2 Å². The molecule has 0 radical (unpaired) electrons. The van der Waals surface area contributed by atoms with Gasteiger partial charge in [0.2, 0.25) is 5.95 Å². The van der Waals surface area contributed by atoms with Crippen LogP contribution in [0.1, 0.15) is 5.56 Å². The molecule has 0 amide bonds. The van der Waals surface area contributed by atoms with Gasteiger partial charge in [-0.05, 0) is 35.9 Å². The van der Waals surface area contributed by atoms with Gasteiger partial charge in [0.25, 0.3) is 0 Å². The zero-order chi connectivity index (χ0) is 16.1. The van der Waals surface area contributed by atoms with E-state index in [-0.39, 0.29) is 0 Å². The second-order valence-corrected chi connectivity index (χ2v) is 5.44. The lowest BCUT2D eigenvalue weighted by Crippen LogP contribution is -2.06.